The lowest BCUT2D eigenvalue weighted by molar-refractivity contribution is 0.601. The molecule has 0 radical (unpaired) electrons. The van der Waals surface area contributed by atoms with Gasteiger partial charge in [-0.1, -0.05) is 23.2 Å². The predicted molar refractivity (Wildman–Crippen MR) is 82.9 cm³/mol. The molecule has 0 amide bonds. The Morgan fingerprint density at radius 1 is 1.10 bits per heavy atom. The largest absolute Gasteiger partial charge is 0.399 e. The molecule has 20 heavy (non-hydrogen) atoms. The highest BCUT2D eigenvalue weighted by atomic mass is 35.5. The van der Waals surface area contributed by atoms with Crippen LogP contribution in [0.25, 0.3) is 0 Å². The van der Waals surface area contributed by atoms with E-state index in [0.717, 1.165) is 0 Å². The fraction of sp³-hybridized carbons (Fsp3) is 0.0769. The molecule has 0 aliphatic rings. The summed E-state index contributed by atoms with van der Waals surface area (Å²) in [6.45, 7) is 1.76. The van der Waals surface area contributed by atoms with Crippen LogP contribution in [0.3, 0.4) is 0 Å². The van der Waals surface area contributed by atoms with Gasteiger partial charge in [-0.05, 0) is 48.9 Å². The van der Waals surface area contributed by atoms with E-state index in [1.807, 2.05) is 0 Å². The number of hydrogen-bond acceptors (Lipinski definition) is 3. The van der Waals surface area contributed by atoms with Gasteiger partial charge in [-0.3, -0.25) is 4.72 Å². The molecule has 0 heterocycles. The maximum absolute atomic E-state index is 12.3. The van der Waals surface area contributed by atoms with Crippen LogP contribution in [0.1, 0.15) is 5.56 Å². The summed E-state index contributed by atoms with van der Waals surface area (Å²) < 4.78 is 27.1. The maximum atomic E-state index is 12.3. The Labute approximate surface area is 127 Å². The van der Waals surface area contributed by atoms with Crippen molar-refractivity contribution >= 4 is 44.6 Å². The Morgan fingerprint density at radius 3 is 2.45 bits per heavy atom. The lowest BCUT2D eigenvalue weighted by Gasteiger charge is -2.12. The third-order valence-electron chi connectivity index (χ3n) is 2.68. The molecule has 0 bridgehead atoms. The van der Waals surface area contributed by atoms with Crippen LogP contribution in [-0.2, 0) is 10.0 Å². The van der Waals surface area contributed by atoms with Gasteiger partial charge in [-0.2, -0.15) is 0 Å². The molecule has 0 spiro atoms. The summed E-state index contributed by atoms with van der Waals surface area (Å²) in [7, 11) is -3.81. The Balaban J connectivity index is 2.43. The van der Waals surface area contributed by atoms with Gasteiger partial charge >= 0.3 is 0 Å². The number of benzene rings is 2. The first kappa shape index (κ1) is 15.0. The normalized spacial score (nSPS) is 11.3. The molecule has 0 saturated carbocycles. The molecule has 0 aliphatic carbocycles. The van der Waals surface area contributed by atoms with E-state index in [9.17, 15) is 8.42 Å². The Morgan fingerprint density at radius 2 is 1.80 bits per heavy atom. The fourth-order valence-corrected chi connectivity index (χ4v) is 3.58. The van der Waals surface area contributed by atoms with E-state index in [4.69, 9.17) is 28.9 Å². The molecule has 0 fully saturated rings. The van der Waals surface area contributed by atoms with Crippen molar-refractivity contribution in [2.24, 2.45) is 0 Å². The van der Waals surface area contributed by atoms with Crippen molar-refractivity contribution in [1.82, 2.24) is 0 Å². The van der Waals surface area contributed by atoms with Crippen LogP contribution in [0.5, 0.6) is 0 Å². The van der Waals surface area contributed by atoms with E-state index in [1.54, 1.807) is 25.1 Å². The molecular weight excluding hydrogens is 319 g/mol. The van der Waals surface area contributed by atoms with Crippen molar-refractivity contribution in [3.8, 4) is 0 Å². The van der Waals surface area contributed by atoms with Crippen molar-refractivity contribution in [3.63, 3.8) is 0 Å². The molecule has 0 atom stereocenters. The van der Waals surface area contributed by atoms with Gasteiger partial charge in [0.1, 0.15) is 4.90 Å². The molecule has 3 N–H and O–H groups in total. The smallest absolute Gasteiger partial charge is 0.263 e. The summed E-state index contributed by atoms with van der Waals surface area (Å²) in [5.41, 5.74) is 7.35. The third kappa shape index (κ3) is 3.17. The molecule has 0 aromatic heterocycles. The minimum Gasteiger partial charge on any atom is -0.399 e. The van der Waals surface area contributed by atoms with E-state index in [1.165, 1.54) is 18.2 Å². The molecule has 7 heteroatoms. The van der Waals surface area contributed by atoms with E-state index in [0.29, 0.717) is 22.0 Å². The highest BCUT2D eigenvalue weighted by Gasteiger charge is 2.19. The zero-order valence-corrected chi connectivity index (χ0v) is 12.9. The van der Waals surface area contributed by atoms with Gasteiger partial charge in [0.2, 0.25) is 0 Å². The fourth-order valence-electron chi connectivity index (χ4n) is 1.68. The summed E-state index contributed by atoms with van der Waals surface area (Å²) in [6, 6.07) is 9.16. The highest BCUT2D eigenvalue weighted by Crippen LogP contribution is 2.28. The second kappa shape index (κ2) is 5.52. The average molecular weight is 331 g/mol. The zero-order valence-electron chi connectivity index (χ0n) is 10.5. The standard InChI is InChI=1S/C13H12Cl2N2O2S/c1-8-6-10(16)3-5-12(8)17-20(18,19)13-7-9(14)2-4-11(13)15/h2-7,17H,16H2,1H3. The third-order valence-corrected chi connectivity index (χ3v) is 4.76. The number of nitrogens with one attached hydrogen (secondary N) is 1. The lowest BCUT2D eigenvalue weighted by Crippen LogP contribution is -2.14. The Bertz CT molecular complexity index is 761. The molecule has 0 unspecified atom stereocenters. The van der Waals surface area contributed by atoms with E-state index >= 15 is 0 Å². The second-order valence-corrected chi connectivity index (χ2v) is 6.75. The average Bonchev–Trinajstić information content (AvgIpc) is 2.35. The van der Waals surface area contributed by atoms with Gasteiger partial charge in [-0.15, -0.1) is 0 Å². The molecule has 0 aliphatic heterocycles. The quantitative estimate of drug-likeness (QED) is 0.843. The summed E-state index contributed by atoms with van der Waals surface area (Å²) in [5.74, 6) is 0. The van der Waals surface area contributed by atoms with Crippen LogP contribution in [0, 0.1) is 6.92 Å². The Hall–Kier alpha value is -1.43. The number of sulfonamides is 1. The second-order valence-electron chi connectivity index (χ2n) is 4.25. The number of halogens is 2. The van der Waals surface area contributed by atoms with Crippen LogP contribution in [0.4, 0.5) is 11.4 Å². The monoisotopic (exact) mass is 330 g/mol. The molecule has 2 rings (SSSR count). The van der Waals surface area contributed by atoms with Gasteiger partial charge in [0.15, 0.2) is 0 Å². The van der Waals surface area contributed by atoms with Crippen LogP contribution in [-0.4, -0.2) is 8.42 Å². The SMILES string of the molecule is Cc1cc(N)ccc1NS(=O)(=O)c1cc(Cl)ccc1Cl. The van der Waals surface area contributed by atoms with Gasteiger partial charge in [0.05, 0.1) is 10.7 Å². The van der Waals surface area contributed by atoms with Crippen molar-refractivity contribution in [2.45, 2.75) is 11.8 Å². The zero-order chi connectivity index (χ0) is 14.9. The van der Waals surface area contributed by atoms with E-state index in [-0.39, 0.29) is 9.92 Å². The number of anilines is 2. The van der Waals surface area contributed by atoms with Crippen molar-refractivity contribution in [3.05, 3.63) is 52.0 Å². The summed E-state index contributed by atoms with van der Waals surface area (Å²) in [5, 5.41) is 0.402. The number of nitrogen functional groups attached to an aromatic ring is 1. The maximum Gasteiger partial charge on any atom is 0.263 e. The number of aryl methyl sites for hydroxylation is 1. The van der Waals surface area contributed by atoms with Gasteiger partial charge < -0.3 is 5.73 Å². The van der Waals surface area contributed by atoms with E-state index < -0.39 is 10.0 Å². The first-order valence-corrected chi connectivity index (χ1v) is 7.87. The van der Waals surface area contributed by atoms with E-state index in [2.05, 4.69) is 4.72 Å². The number of rotatable bonds is 3. The number of hydrogen-bond donors (Lipinski definition) is 2. The molecular formula is C13H12Cl2N2O2S. The van der Waals surface area contributed by atoms with Crippen LogP contribution < -0.4 is 10.5 Å². The van der Waals surface area contributed by atoms with Gasteiger partial charge in [0.25, 0.3) is 10.0 Å². The van der Waals surface area contributed by atoms with Gasteiger partial charge in [0, 0.05) is 10.7 Å². The highest BCUT2D eigenvalue weighted by molar-refractivity contribution is 7.92. The van der Waals surface area contributed by atoms with Crippen molar-refractivity contribution in [1.29, 1.82) is 0 Å². The molecule has 2 aromatic rings. The first-order valence-electron chi connectivity index (χ1n) is 5.63. The number of nitrogens with two attached hydrogens (primary N) is 1. The summed E-state index contributed by atoms with van der Waals surface area (Å²) in [6.07, 6.45) is 0. The summed E-state index contributed by atoms with van der Waals surface area (Å²) in [4.78, 5) is -0.0668. The lowest BCUT2D eigenvalue weighted by atomic mass is 10.2. The molecule has 106 valence electrons. The van der Waals surface area contributed by atoms with Crippen LogP contribution in [0.2, 0.25) is 10.0 Å². The molecule has 0 saturated heterocycles. The minimum atomic E-state index is -3.81. The van der Waals surface area contributed by atoms with Crippen LogP contribution >= 0.6 is 23.2 Å². The predicted octanol–water partition coefficient (Wildman–Crippen LogP) is 3.68. The van der Waals surface area contributed by atoms with Crippen molar-refractivity contribution in [2.75, 3.05) is 10.5 Å². The first-order chi connectivity index (χ1) is 9.29. The minimum absolute atomic E-state index is 0.0668. The molecule has 4 nitrogen and oxygen atoms in total. The topological polar surface area (TPSA) is 72.2 Å². The van der Waals surface area contributed by atoms with Crippen LogP contribution in [0.15, 0.2) is 41.3 Å². The Kier molecular flexibility index (Phi) is 4.13. The van der Waals surface area contributed by atoms with Gasteiger partial charge in [-0.25, -0.2) is 8.42 Å². The molecule has 2 aromatic carbocycles. The van der Waals surface area contributed by atoms with Crippen molar-refractivity contribution < 1.29 is 8.42 Å². The summed E-state index contributed by atoms with van der Waals surface area (Å²) >= 11 is 11.7.